The molecular weight excluding hydrogens is 219 g/mol. The molecule has 4 nitrogen and oxygen atoms in total. The van der Waals surface area contributed by atoms with Crippen LogP contribution < -0.4 is 0 Å². The van der Waals surface area contributed by atoms with E-state index in [9.17, 15) is 17.3 Å². The van der Waals surface area contributed by atoms with Crippen molar-refractivity contribution in [2.45, 2.75) is 6.92 Å². The van der Waals surface area contributed by atoms with Crippen molar-refractivity contribution in [1.82, 2.24) is 0 Å². The van der Waals surface area contributed by atoms with Gasteiger partial charge in [0, 0.05) is 0 Å². The Morgan fingerprint density at radius 1 is 1.27 bits per heavy atom. The number of nitrogens with zero attached hydrogens (tertiary/aromatic N) is 2. The lowest BCUT2D eigenvalue weighted by atomic mass is 10.3. The highest BCUT2D eigenvalue weighted by Crippen LogP contribution is 2.06. The first-order valence-electron chi connectivity index (χ1n) is 4.46. The number of rotatable bonds is 2. The predicted molar refractivity (Wildman–Crippen MR) is 45.1 cm³/mol. The van der Waals surface area contributed by atoms with E-state index in [1.807, 2.05) is 11.6 Å². The van der Waals surface area contributed by atoms with Gasteiger partial charge in [0.1, 0.15) is 19.8 Å². The Hall–Kier alpha value is -0.855. The molecule has 0 unspecified atom stereocenters. The van der Waals surface area contributed by atoms with Crippen LogP contribution in [0.3, 0.4) is 0 Å². The maximum Gasteiger partial charge on any atom is 0.673 e. The molecule has 0 aromatic carbocycles. The highest BCUT2D eigenvalue weighted by atomic mass is 19.5. The van der Waals surface area contributed by atoms with Gasteiger partial charge in [-0.2, -0.15) is 0 Å². The minimum absolute atomic E-state index is 0.636. The van der Waals surface area contributed by atoms with E-state index in [1.165, 1.54) is 0 Å². The molecule has 0 atom stereocenters. The fourth-order valence-electron chi connectivity index (χ4n) is 0.775. The van der Waals surface area contributed by atoms with Gasteiger partial charge in [0.05, 0.1) is 0 Å². The summed E-state index contributed by atoms with van der Waals surface area (Å²) < 4.78 is 46.0. The molecule has 0 N–H and O–H groups in total. The van der Waals surface area contributed by atoms with E-state index >= 15 is 0 Å². The van der Waals surface area contributed by atoms with E-state index in [-0.39, 0.29) is 0 Å². The molecule has 0 bridgehead atoms. The SMILES string of the molecule is CCON=[N+]1CCOCC1.F[B-](F)(F)F. The molecule has 15 heavy (non-hydrogen) atoms. The van der Waals surface area contributed by atoms with Crippen LogP contribution in [0.5, 0.6) is 0 Å². The largest absolute Gasteiger partial charge is 0.673 e. The molecular formula is C6H13BF4N2O2. The molecule has 0 aromatic heterocycles. The van der Waals surface area contributed by atoms with Crippen molar-refractivity contribution in [3.05, 3.63) is 0 Å². The Morgan fingerprint density at radius 2 is 1.73 bits per heavy atom. The van der Waals surface area contributed by atoms with E-state index in [0.29, 0.717) is 6.61 Å². The topological polar surface area (TPSA) is 33.8 Å². The minimum atomic E-state index is -6.00. The van der Waals surface area contributed by atoms with Crippen molar-refractivity contribution in [2.24, 2.45) is 5.28 Å². The average molecular weight is 232 g/mol. The first kappa shape index (κ1) is 14.1. The molecule has 0 radical (unpaired) electrons. The highest BCUT2D eigenvalue weighted by Gasteiger charge is 2.20. The molecule has 1 fully saturated rings. The first-order chi connectivity index (χ1) is 6.93. The van der Waals surface area contributed by atoms with Crippen LogP contribution in [0.4, 0.5) is 17.3 Å². The predicted octanol–water partition coefficient (Wildman–Crippen LogP) is 1.73. The zero-order valence-corrected chi connectivity index (χ0v) is 8.34. The van der Waals surface area contributed by atoms with Crippen LogP contribution in [-0.2, 0) is 9.57 Å². The Labute approximate surface area is 84.9 Å². The lowest BCUT2D eigenvalue weighted by molar-refractivity contribution is -0.633. The smallest absolute Gasteiger partial charge is 0.418 e. The van der Waals surface area contributed by atoms with Crippen LogP contribution in [0.25, 0.3) is 0 Å². The number of hydrogen-bond donors (Lipinski definition) is 0. The zero-order valence-electron chi connectivity index (χ0n) is 8.34. The molecule has 90 valence electrons. The standard InChI is InChI=1S/C6H13N2O2.BF4/c1-2-10-7-8-3-5-9-6-4-8;2-1(3,4)5/h2-6H2,1H3;/q+1;-1. The van der Waals surface area contributed by atoms with Gasteiger partial charge in [-0.1, -0.05) is 4.70 Å². The first-order valence-corrected chi connectivity index (χ1v) is 4.46. The van der Waals surface area contributed by atoms with Crippen molar-refractivity contribution in [1.29, 1.82) is 0 Å². The molecule has 0 spiro atoms. The fraction of sp³-hybridized carbons (Fsp3) is 1.00. The third-order valence-electron chi connectivity index (χ3n) is 1.29. The van der Waals surface area contributed by atoms with Crippen LogP contribution in [0, 0.1) is 0 Å². The number of ether oxygens (including phenoxy) is 1. The summed E-state index contributed by atoms with van der Waals surface area (Å²) in [4.78, 5) is 4.87. The molecule has 0 saturated carbocycles. The van der Waals surface area contributed by atoms with Crippen LogP contribution in [-0.4, -0.2) is 44.9 Å². The van der Waals surface area contributed by atoms with Crippen LogP contribution in [0.1, 0.15) is 6.92 Å². The molecule has 1 heterocycles. The summed E-state index contributed by atoms with van der Waals surface area (Å²) in [6.07, 6.45) is 0. The quantitative estimate of drug-likeness (QED) is 0.314. The third-order valence-corrected chi connectivity index (χ3v) is 1.29. The summed E-state index contributed by atoms with van der Waals surface area (Å²) in [6, 6.07) is 0. The minimum Gasteiger partial charge on any atom is -0.418 e. The Morgan fingerprint density at radius 3 is 2.13 bits per heavy atom. The van der Waals surface area contributed by atoms with Gasteiger partial charge in [-0.05, 0) is 6.92 Å². The van der Waals surface area contributed by atoms with Crippen molar-refractivity contribution < 1.29 is 31.5 Å². The van der Waals surface area contributed by atoms with E-state index in [2.05, 4.69) is 5.28 Å². The molecule has 0 aliphatic carbocycles. The van der Waals surface area contributed by atoms with E-state index < -0.39 is 7.25 Å². The summed E-state index contributed by atoms with van der Waals surface area (Å²) in [5, 5.41) is 3.86. The third kappa shape index (κ3) is 13.1. The van der Waals surface area contributed by atoms with Gasteiger partial charge in [0.25, 0.3) is 0 Å². The summed E-state index contributed by atoms with van der Waals surface area (Å²) in [5.41, 5.74) is 0. The molecule has 1 aliphatic rings. The van der Waals surface area contributed by atoms with Gasteiger partial charge >= 0.3 is 7.25 Å². The second kappa shape index (κ2) is 7.44. The van der Waals surface area contributed by atoms with E-state index in [1.54, 1.807) is 0 Å². The van der Waals surface area contributed by atoms with E-state index in [4.69, 9.17) is 9.57 Å². The highest BCUT2D eigenvalue weighted by molar-refractivity contribution is 6.50. The summed E-state index contributed by atoms with van der Waals surface area (Å²) in [6.45, 7) is 5.77. The van der Waals surface area contributed by atoms with E-state index in [0.717, 1.165) is 26.3 Å². The lowest BCUT2D eigenvalue weighted by Crippen LogP contribution is -2.27. The zero-order chi connectivity index (χ0) is 11.7. The second-order valence-corrected chi connectivity index (χ2v) is 2.56. The van der Waals surface area contributed by atoms with Gasteiger partial charge in [-0.3, -0.25) is 0 Å². The molecule has 1 aliphatic heterocycles. The maximum atomic E-state index is 9.75. The maximum absolute atomic E-state index is 9.75. The Balaban J connectivity index is 0.000000336. The van der Waals surface area contributed by atoms with Crippen molar-refractivity contribution in [3.8, 4) is 0 Å². The monoisotopic (exact) mass is 232 g/mol. The van der Waals surface area contributed by atoms with Crippen molar-refractivity contribution >= 4 is 7.25 Å². The van der Waals surface area contributed by atoms with Gasteiger partial charge in [0.2, 0.25) is 0 Å². The number of hydrogen-bond acceptors (Lipinski definition) is 3. The summed E-state index contributed by atoms with van der Waals surface area (Å²) in [5.74, 6) is 0. The van der Waals surface area contributed by atoms with Gasteiger partial charge in [-0.25, -0.2) is 0 Å². The Bertz CT molecular complexity index is 186. The molecule has 0 amide bonds. The fourth-order valence-corrected chi connectivity index (χ4v) is 0.775. The molecule has 1 rings (SSSR count). The molecule has 0 aromatic rings. The summed E-state index contributed by atoms with van der Waals surface area (Å²) >= 11 is 0. The van der Waals surface area contributed by atoms with Gasteiger partial charge < -0.3 is 26.8 Å². The van der Waals surface area contributed by atoms with Crippen molar-refractivity contribution in [3.63, 3.8) is 0 Å². The lowest BCUT2D eigenvalue weighted by Gasteiger charge is -2.06. The van der Waals surface area contributed by atoms with Crippen molar-refractivity contribution in [2.75, 3.05) is 32.9 Å². The molecule has 1 saturated heterocycles. The second-order valence-electron chi connectivity index (χ2n) is 2.56. The normalized spacial score (nSPS) is 16.5. The summed E-state index contributed by atoms with van der Waals surface area (Å²) in [7, 11) is -6.00. The number of morpholine rings is 1. The number of halogens is 4. The Kier molecular flexibility index (Phi) is 7.01. The van der Waals surface area contributed by atoms with Gasteiger partial charge in [-0.15, -0.1) is 0 Å². The van der Waals surface area contributed by atoms with Crippen LogP contribution in [0.15, 0.2) is 5.28 Å². The van der Waals surface area contributed by atoms with Crippen LogP contribution >= 0.6 is 0 Å². The molecule has 9 heteroatoms. The van der Waals surface area contributed by atoms with Gasteiger partial charge in [0.15, 0.2) is 18.4 Å². The average Bonchev–Trinajstić information content (AvgIpc) is 2.14. The van der Waals surface area contributed by atoms with Crippen LogP contribution in [0.2, 0.25) is 0 Å².